The number of amides is 1. The van der Waals surface area contributed by atoms with Crippen LogP contribution in [0.15, 0.2) is 59.5 Å². The molecule has 1 heterocycles. The first-order valence-corrected chi connectivity index (χ1v) is 10.9. The molecular weight excluding hydrogens is 392 g/mol. The number of nitrogens with zero attached hydrogens (tertiary/aromatic N) is 2. The van der Waals surface area contributed by atoms with Crippen LogP contribution in [0, 0.1) is 0 Å². The normalized spacial score (nSPS) is 15.0. The van der Waals surface area contributed by atoms with Gasteiger partial charge in [0.2, 0.25) is 0 Å². The van der Waals surface area contributed by atoms with E-state index in [1.54, 1.807) is 35.2 Å². The number of rotatable bonds is 6. The molecule has 1 aliphatic heterocycles. The minimum Gasteiger partial charge on any atom is -0.449 e. The zero-order chi connectivity index (χ0) is 21.0. The second-order valence-electron chi connectivity index (χ2n) is 6.92. The Kier molecular flexibility index (Phi) is 6.22. The molecule has 0 spiro atoms. The summed E-state index contributed by atoms with van der Waals surface area (Å²) in [6.07, 6.45) is 0.968. The number of esters is 1. The lowest BCUT2D eigenvalue weighted by Crippen LogP contribution is -2.38. The average Bonchev–Trinajstić information content (AvgIpc) is 3.28. The molecule has 0 N–H and O–H groups in total. The number of anilines is 1. The number of hydrogen-bond donors (Lipinski definition) is 0. The molecule has 0 aliphatic carbocycles. The molecule has 0 unspecified atom stereocenters. The lowest BCUT2D eigenvalue weighted by molar-refractivity contribution is -0.138. The highest BCUT2D eigenvalue weighted by atomic mass is 32.2. The Morgan fingerprint density at radius 1 is 1.03 bits per heavy atom. The van der Waals surface area contributed by atoms with Crippen LogP contribution in [0.1, 0.15) is 30.1 Å². The van der Waals surface area contributed by atoms with Gasteiger partial charge in [-0.3, -0.25) is 9.10 Å². The molecule has 0 bridgehead atoms. The van der Waals surface area contributed by atoms with Gasteiger partial charge in [0.1, 0.15) is 0 Å². The largest absolute Gasteiger partial charge is 0.449 e. The minimum absolute atomic E-state index is 0.0307. The van der Waals surface area contributed by atoms with Gasteiger partial charge in [0, 0.05) is 20.1 Å². The van der Waals surface area contributed by atoms with Crippen molar-refractivity contribution in [3.63, 3.8) is 0 Å². The zero-order valence-electron chi connectivity index (χ0n) is 16.4. The maximum atomic E-state index is 12.9. The third-order valence-corrected chi connectivity index (χ3v) is 6.68. The third-order valence-electron chi connectivity index (χ3n) is 4.90. The maximum absolute atomic E-state index is 12.9. The van der Waals surface area contributed by atoms with Crippen molar-refractivity contribution in [2.45, 2.75) is 30.8 Å². The Bertz CT molecular complexity index is 985. The molecule has 1 amide bonds. The standard InChI is InChI=1S/C21H24N2O5S/c1-16(20(24)23-13-6-7-14-23)28-21(25)17-9-8-12-19(15-17)29(26,27)22(2)18-10-4-3-5-11-18/h3-5,8-12,15-16H,6-7,13-14H2,1-2H3/t16-/m1/s1. The number of likely N-dealkylation sites (tertiary alicyclic amines) is 1. The van der Waals surface area contributed by atoms with E-state index in [1.807, 2.05) is 0 Å². The molecule has 2 aromatic carbocycles. The van der Waals surface area contributed by atoms with E-state index in [1.165, 1.54) is 38.2 Å². The lowest BCUT2D eigenvalue weighted by Gasteiger charge is -2.21. The summed E-state index contributed by atoms with van der Waals surface area (Å²) in [5.41, 5.74) is 0.582. The summed E-state index contributed by atoms with van der Waals surface area (Å²) in [5.74, 6) is -0.965. The quantitative estimate of drug-likeness (QED) is 0.676. The SMILES string of the molecule is C[C@@H](OC(=O)c1cccc(S(=O)(=O)N(C)c2ccccc2)c1)C(=O)N1CCCC1. The topological polar surface area (TPSA) is 84.0 Å². The Morgan fingerprint density at radius 2 is 1.69 bits per heavy atom. The summed E-state index contributed by atoms with van der Waals surface area (Å²) < 4.78 is 32.3. The molecule has 29 heavy (non-hydrogen) atoms. The Hall–Kier alpha value is -2.87. The van der Waals surface area contributed by atoms with E-state index < -0.39 is 22.1 Å². The molecule has 3 rings (SSSR count). The van der Waals surface area contributed by atoms with Gasteiger partial charge in [-0.15, -0.1) is 0 Å². The van der Waals surface area contributed by atoms with Gasteiger partial charge >= 0.3 is 5.97 Å². The average molecular weight is 416 g/mol. The number of benzene rings is 2. The molecular formula is C21H24N2O5S. The second-order valence-corrected chi connectivity index (χ2v) is 8.89. The van der Waals surface area contributed by atoms with Crippen molar-refractivity contribution in [1.82, 2.24) is 4.90 Å². The van der Waals surface area contributed by atoms with Gasteiger partial charge in [-0.1, -0.05) is 24.3 Å². The summed E-state index contributed by atoms with van der Waals surface area (Å²) in [4.78, 5) is 26.5. The number of carbonyl (C=O) groups is 2. The van der Waals surface area contributed by atoms with E-state index in [9.17, 15) is 18.0 Å². The van der Waals surface area contributed by atoms with E-state index in [4.69, 9.17) is 4.74 Å². The van der Waals surface area contributed by atoms with Gasteiger partial charge in [0.05, 0.1) is 16.1 Å². The van der Waals surface area contributed by atoms with Gasteiger partial charge in [0.25, 0.3) is 15.9 Å². The van der Waals surface area contributed by atoms with Gasteiger partial charge in [0.15, 0.2) is 6.10 Å². The van der Waals surface area contributed by atoms with Crippen molar-refractivity contribution in [2.75, 3.05) is 24.4 Å². The van der Waals surface area contributed by atoms with Crippen LogP contribution in [-0.4, -0.2) is 51.4 Å². The molecule has 0 saturated carbocycles. The van der Waals surface area contributed by atoms with Gasteiger partial charge in [-0.05, 0) is 50.1 Å². The highest BCUT2D eigenvalue weighted by Gasteiger charge is 2.27. The van der Waals surface area contributed by atoms with Gasteiger partial charge in [-0.25, -0.2) is 13.2 Å². The summed E-state index contributed by atoms with van der Waals surface area (Å²) in [6, 6.07) is 14.3. The first-order valence-electron chi connectivity index (χ1n) is 9.44. The lowest BCUT2D eigenvalue weighted by atomic mass is 10.2. The van der Waals surface area contributed by atoms with E-state index in [0.29, 0.717) is 18.8 Å². The molecule has 1 aliphatic rings. The van der Waals surface area contributed by atoms with Gasteiger partial charge in [-0.2, -0.15) is 0 Å². The highest BCUT2D eigenvalue weighted by molar-refractivity contribution is 7.92. The summed E-state index contributed by atoms with van der Waals surface area (Å²) in [6.45, 7) is 2.86. The Labute approximate surface area is 170 Å². The van der Waals surface area contributed by atoms with Crippen LogP contribution < -0.4 is 4.31 Å². The zero-order valence-corrected chi connectivity index (χ0v) is 17.3. The molecule has 1 saturated heterocycles. The highest BCUT2D eigenvalue weighted by Crippen LogP contribution is 2.23. The molecule has 7 nitrogen and oxygen atoms in total. The van der Waals surface area contributed by atoms with E-state index in [0.717, 1.165) is 17.1 Å². The predicted molar refractivity (Wildman–Crippen MR) is 109 cm³/mol. The number of sulfonamides is 1. The monoisotopic (exact) mass is 416 g/mol. The number of hydrogen-bond acceptors (Lipinski definition) is 5. The van der Waals surface area contributed by atoms with Crippen molar-refractivity contribution >= 4 is 27.6 Å². The second kappa shape index (κ2) is 8.65. The van der Waals surface area contributed by atoms with E-state index in [2.05, 4.69) is 0 Å². The van der Waals surface area contributed by atoms with Crippen LogP contribution in [0.4, 0.5) is 5.69 Å². The van der Waals surface area contributed by atoms with Crippen molar-refractivity contribution in [1.29, 1.82) is 0 Å². The number of para-hydroxylation sites is 1. The fourth-order valence-electron chi connectivity index (χ4n) is 3.19. The Balaban J connectivity index is 1.76. The van der Waals surface area contributed by atoms with E-state index in [-0.39, 0.29) is 16.4 Å². The van der Waals surface area contributed by atoms with Gasteiger partial charge < -0.3 is 9.64 Å². The summed E-state index contributed by atoms with van der Waals surface area (Å²) in [7, 11) is -2.40. The maximum Gasteiger partial charge on any atom is 0.338 e. The molecule has 1 atom stereocenters. The van der Waals surface area contributed by atoms with Crippen molar-refractivity contribution in [3.05, 3.63) is 60.2 Å². The number of carbonyl (C=O) groups excluding carboxylic acids is 2. The van der Waals surface area contributed by atoms with Crippen LogP contribution in [0.5, 0.6) is 0 Å². The fraction of sp³-hybridized carbons (Fsp3) is 0.333. The molecule has 0 aromatic heterocycles. The molecule has 154 valence electrons. The van der Waals surface area contributed by atoms with Crippen LogP contribution in [0.2, 0.25) is 0 Å². The third kappa shape index (κ3) is 4.59. The Morgan fingerprint density at radius 3 is 2.34 bits per heavy atom. The predicted octanol–water partition coefficient (Wildman–Crippen LogP) is 2.68. The van der Waals surface area contributed by atoms with E-state index >= 15 is 0 Å². The van der Waals surface area contributed by atoms with Crippen LogP contribution in [0.25, 0.3) is 0 Å². The molecule has 8 heteroatoms. The van der Waals surface area contributed by atoms with Crippen molar-refractivity contribution in [3.8, 4) is 0 Å². The van der Waals surface area contributed by atoms with Crippen LogP contribution in [-0.2, 0) is 19.6 Å². The van der Waals surface area contributed by atoms with Crippen molar-refractivity contribution < 1.29 is 22.7 Å². The molecule has 1 fully saturated rings. The number of ether oxygens (including phenoxy) is 1. The summed E-state index contributed by atoms with van der Waals surface area (Å²) >= 11 is 0. The first kappa shape index (κ1) is 20.9. The van der Waals surface area contributed by atoms with Crippen LogP contribution >= 0.6 is 0 Å². The first-order chi connectivity index (χ1) is 13.8. The minimum atomic E-state index is -3.86. The molecule has 2 aromatic rings. The molecule has 0 radical (unpaired) electrons. The van der Waals surface area contributed by atoms with Crippen LogP contribution in [0.3, 0.4) is 0 Å². The summed E-state index contributed by atoms with van der Waals surface area (Å²) in [5, 5.41) is 0. The smallest absolute Gasteiger partial charge is 0.338 e. The fourth-order valence-corrected chi connectivity index (χ4v) is 4.43. The van der Waals surface area contributed by atoms with Crippen molar-refractivity contribution in [2.24, 2.45) is 0 Å².